The fraction of sp³-hybridized carbons (Fsp3) is 1.00. The van der Waals surface area contributed by atoms with Crippen LogP contribution in [0.15, 0.2) is 0 Å². The third kappa shape index (κ3) is 9.29. The molecule has 0 aliphatic rings. The molecule has 0 fully saturated rings. The first-order valence-corrected chi connectivity index (χ1v) is 8.50. The van der Waals surface area contributed by atoms with Gasteiger partial charge in [-0.15, -0.1) is 0 Å². The molecule has 0 saturated carbocycles. The molecule has 0 spiro atoms. The van der Waals surface area contributed by atoms with Crippen LogP contribution >= 0.6 is 0 Å². The molecule has 1 atom stereocenters. The lowest BCUT2D eigenvalue weighted by molar-refractivity contribution is -0.572. The predicted molar refractivity (Wildman–Crippen MR) is 85.3 cm³/mol. The zero-order valence-corrected chi connectivity index (χ0v) is 13.5. The third-order valence-electron chi connectivity index (χ3n) is 4.01. The Kier molecular flexibility index (Phi) is 11.7. The second-order valence-corrected chi connectivity index (χ2v) is 6.04. The van der Waals surface area contributed by atoms with Crippen LogP contribution in [0, 0.1) is 10.1 Å². The molecular weight excluding hydrogens is 252 g/mol. The Labute approximate surface area is 124 Å². The summed E-state index contributed by atoms with van der Waals surface area (Å²) >= 11 is 0. The molecule has 0 aliphatic heterocycles. The quantitative estimate of drug-likeness (QED) is 0.211. The minimum absolute atomic E-state index is 0.287. The standard InChI is InChI=1S/C16H34N2O2/c1-3-5-6-7-8-9-10-11-12-13-15-16(17,14-4-2)18(19)20/h3-15,17H2,1-2H3. The summed E-state index contributed by atoms with van der Waals surface area (Å²) in [4.78, 5) is 10.7. The lowest BCUT2D eigenvalue weighted by Gasteiger charge is -2.19. The highest BCUT2D eigenvalue weighted by atomic mass is 16.6. The summed E-state index contributed by atoms with van der Waals surface area (Å²) in [6.45, 7) is 4.19. The van der Waals surface area contributed by atoms with Crippen LogP contribution in [0.2, 0.25) is 0 Å². The van der Waals surface area contributed by atoms with E-state index in [0.29, 0.717) is 12.8 Å². The average molecular weight is 286 g/mol. The summed E-state index contributed by atoms with van der Waals surface area (Å²) in [6, 6.07) is 0. The van der Waals surface area contributed by atoms with Crippen molar-refractivity contribution in [3.05, 3.63) is 10.1 Å². The summed E-state index contributed by atoms with van der Waals surface area (Å²) in [5, 5.41) is 11.0. The highest BCUT2D eigenvalue weighted by molar-refractivity contribution is 4.71. The molecule has 0 heterocycles. The summed E-state index contributed by atoms with van der Waals surface area (Å²) < 4.78 is 0. The average Bonchev–Trinajstić information content (AvgIpc) is 2.41. The van der Waals surface area contributed by atoms with E-state index >= 15 is 0 Å². The summed E-state index contributed by atoms with van der Waals surface area (Å²) in [5.74, 6) is 0. The fourth-order valence-electron chi connectivity index (χ4n) is 2.66. The first-order valence-electron chi connectivity index (χ1n) is 8.50. The van der Waals surface area contributed by atoms with Crippen LogP contribution in [0.25, 0.3) is 0 Å². The lowest BCUT2D eigenvalue weighted by Crippen LogP contribution is -2.47. The Hall–Kier alpha value is -0.640. The van der Waals surface area contributed by atoms with Crippen molar-refractivity contribution < 1.29 is 4.92 Å². The minimum atomic E-state index is -1.19. The van der Waals surface area contributed by atoms with Crippen LogP contribution in [0.1, 0.15) is 97.3 Å². The van der Waals surface area contributed by atoms with Gasteiger partial charge >= 0.3 is 0 Å². The number of hydrogen-bond acceptors (Lipinski definition) is 3. The van der Waals surface area contributed by atoms with Crippen molar-refractivity contribution in [2.75, 3.05) is 0 Å². The van der Waals surface area contributed by atoms with Gasteiger partial charge in [0.15, 0.2) is 0 Å². The molecule has 0 rings (SSSR count). The Morgan fingerprint density at radius 1 is 0.800 bits per heavy atom. The number of rotatable bonds is 14. The smallest absolute Gasteiger partial charge is 0.266 e. The number of hydrogen-bond donors (Lipinski definition) is 1. The van der Waals surface area contributed by atoms with Gasteiger partial charge in [-0.25, -0.2) is 0 Å². The first kappa shape index (κ1) is 19.4. The molecule has 0 aromatic rings. The Balaban J connectivity index is 3.48. The predicted octanol–water partition coefficient (Wildman–Crippen LogP) is 5.03. The van der Waals surface area contributed by atoms with Gasteiger partial charge in [0.2, 0.25) is 0 Å². The maximum Gasteiger partial charge on any atom is 0.272 e. The molecule has 4 heteroatoms. The van der Waals surface area contributed by atoms with E-state index in [1.807, 2.05) is 6.92 Å². The van der Waals surface area contributed by atoms with Crippen molar-refractivity contribution in [1.82, 2.24) is 0 Å². The molecule has 0 aromatic carbocycles. The van der Waals surface area contributed by atoms with E-state index in [2.05, 4.69) is 6.92 Å². The molecule has 0 saturated heterocycles. The second-order valence-electron chi connectivity index (χ2n) is 6.04. The van der Waals surface area contributed by atoms with Crippen LogP contribution in [-0.4, -0.2) is 10.6 Å². The van der Waals surface area contributed by atoms with E-state index in [1.54, 1.807) is 0 Å². The van der Waals surface area contributed by atoms with Gasteiger partial charge in [-0.2, -0.15) is 0 Å². The molecule has 0 bridgehead atoms. The SMILES string of the molecule is CCCCCCCCCCCCC(N)(CCC)[N+](=O)[O-]. The van der Waals surface area contributed by atoms with Crippen molar-refractivity contribution in [2.45, 2.75) is 103 Å². The third-order valence-corrected chi connectivity index (χ3v) is 4.01. The number of unbranched alkanes of at least 4 members (excludes halogenated alkanes) is 9. The first-order chi connectivity index (χ1) is 9.56. The van der Waals surface area contributed by atoms with Gasteiger partial charge in [0.25, 0.3) is 5.66 Å². The lowest BCUT2D eigenvalue weighted by atomic mass is 9.97. The Morgan fingerprint density at radius 2 is 1.25 bits per heavy atom. The fourth-order valence-corrected chi connectivity index (χ4v) is 2.66. The molecular formula is C16H34N2O2. The van der Waals surface area contributed by atoms with Gasteiger partial charge in [-0.3, -0.25) is 15.8 Å². The van der Waals surface area contributed by atoms with E-state index < -0.39 is 5.66 Å². The van der Waals surface area contributed by atoms with Crippen LogP contribution in [0.5, 0.6) is 0 Å². The van der Waals surface area contributed by atoms with Crippen LogP contribution in [-0.2, 0) is 0 Å². The normalized spacial score (nSPS) is 14.2. The maximum absolute atomic E-state index is 11.0. The van der Waals surface area contributed by atoms with E-state index in [-0.39, 0.29) is 4.92 Å². The zero-order valence-electron chi connectivity index (χ0n) is 13.5. The molecule has 1 unspecified atom stereocenters. The van der Waals surface area contributed by atoms with Crippen LogP contribution in [0.3, 0.4) is 0 Å². The summed E-state index contributed by atoms with van der Waals surface area (Å²) in [6.07, 6.45) is 14.2. The van der Waals surface area contributed by atoms with Crippen molar-refractivity contribution in [2.24, 2.45) is 5.73 Å². The van der Waals surface area contributed by atoms with E-state index in [0.717, 1.165) is 19.3 Å². The van der Waals surface area contributed by atoms with Crippen LogP contribution in [0.4, 0.5) is 0 Å². The topological polar surface area (TPSA) is 69.2 Å². The van der Waals surface area contributed by atoms with Gasteiger partial charge in [-0.1, -0.05) is 71.6 Å². The number of nitro groups is 1. The molecule has 4 nitrogen and oxygen atoms in total. The van der Waals surface area contributed by atoms with Gasteiger partial charge in [0.1, 0.15) is 0 Å². The van der Waals surface area contributed by atoms with Crippen molar-refractivity contribution >= 4 is 0 Å². The van der Waals surface area contributed by atoms with Crippen molar-refractivity contribution in [3.8, 4) is 0 Å². The van der Waals surface area contributed by atoms with Crippen molar-refractivity contribution in [3.63, 3.8) is 0 Å². The zero-order chi connectivity index (χ0) is 15.3. The molecule has 120 valence electrons. The van der Waals surface area contributed by atoms with Gasteiger partial charge in [0.05, 0.1) is 0 Å². The van der Waals surface area contributed by atoms with Crippen LogP contribution < -0.4 is 5.73 Å². The molecule has 0 amide bonds. The largest absolute Gasteiger partial charge is 0.272 e. The summed E-state index contributed by atoms with van der Waals surface area (Å²) in [7, 11) is 0. The molecule has 2 N–H and O–H groups in total. The van der Waals surface area contributed by atoms with Gasteiger partial charge in [-0.05, 0) is 12.8 Å². The van der Waals surface area contributed by atoms with E-state index in [9.17, 15) is 10.1 Å². The van der Waals surface area contributed by atoms with Crippen molar-refractivity contribution in [1.29, 1.82) is 0 Å². The Bertz CT molecular complexity index is 247. The van der Waals surface area contributed by atoms with E-state index in [4.69, 9.17) is 5.73 Å². The van der Waals surface area contributed by atoms with E-state index in [1.165, 1.54) is 51.4 Å². The molecule has 0 aromatic heterocycles. The molecule has 0 radical (unpaired) electrons. The number of nitrogens with zero attached hydrogens (tertiary/aromatic N) is 1. The monoisotopic (exact) mass is 286 g/mol. The Morgan fingerprint density at radius 3 is 1.65 bits per heavy atom. The molecule has 20 heavy (non-hydrogen) atoms. The summed E-state index contributed by atoms with van der Waals surface area (Å²) in [5.41, 5.74) is 4.68. The molecule has 0 aliphatic carbocycles. The number of nitrogens with two attached hydrogens (primary N) is 1. The highest BCUT2D eigenvalue weighted by Gasteiger charge is 2.35. The van der Waals surface area contributed by atoms with Gasteiger partial charge in [0, 0.05) is 17.8 Å². The van der Waals surface area contributed by atoms with Gasteiger partial charge < -0.3 is 0 Å². The highest BCUT2D eigenvalue weighted by Crippen LogP contribution is 2.20. The second kappa shape index (κ2) is 12.1. The maximum atomic E-state index is 11.0. The minimum Gasteiger partial charge on any atom is -0.266 e.